The Balaban J connectivity index is 1.89. The van der Waals surface area contributed by atoms with Gasteiger partial charge >= 0.3 is 0 Å². The lowest BCUT2D eigenvalue weighted by atomic mass is 10.2. The van der Waals surface area contributed by atoms with Crippen molar-refractivity contribution in [3.8, 4) is 0 Å². The van der Waals surface area contributed by atoms with Crippen LogP contribution >= 0.6 is 22.7 Å². The molecule has 3 aromatic heterocycles. The van der Waals surface area contributed by atoms with E-state index in [1.54, 1.807) is 35.2 Å². The minimum Gasteiger partial charge on any atom is -0.261 e. The van der Waals surface area contributed by atoms with Gasteiger partial charge in [0.15, 0.2) is 5.82 Å². The predicted octanol–water partition coefficient (Wildman–Crippen LogP) is 3.51. The molecule has 0 saturated heterocycles. The molecule has 0 spiro atoms. The van der Waals surface area contributed by atoms with Crippen molar-refractivity contribution in [1.82, 2.24) is 9.97 Å². The van der Waals surface area contributed by atoms with Gasteiger partial charge in [-0.15, -0.1) is 22.7 Å². The third-order valence-electron chi connectivity index (χ3n) is 2.46. The normalized spacial score (nSPS) is 11.4. The summed E-state index contributed by atoms with van der Waals surface area (Å²) in [4.78, 5) is 10.6. The first-order valence-corrected chi connectivity index (χ1v) is 7.12. The van der Waals surface area contributed by atoms with Crippen molar-refractivity contribution in [3.63, 3.8) is 0 Å². The molecular formula is C12H10N4S2. The van der Waals surface area contributed by atoms with Gasteiger partial charge in [-0.25, -0.2) is 9.97 Å². The van der Waals surface area contributed by atoms with Gasteiger partial charge in [-0.3, -0.25) is 5.43 Å². The third kappa shape index (κ3) is 2.12. The number of thiophene rings is 2. The summed E-state index contributed by atoms with van der Waals surface area (Å²) >= 11 is 3.26. The van der Waals surface area contributed by atoms with Crippen molar-refractivity contribution in [2.24, 2.45) is 5.10 Å². The Morgan fingerprint density at radius 1 is 1.33 bits per heavy atom. The molecule has 0 bridgehead atoms. The zero-order chi connectivity index (χ0) is 12.4. The lowest BCUT2D eigenvalue weighted by Gasteiger charge is -2.00. The summed E-state index contributed by atoms with van der Waals surface area (Å²) < 4.78 is 0. The second kappa shape index (κ2) is 4.83. The second-order valence-electron chi connectivity index (χ2n) is 3.71. The van der Waals surface area contributed by atoms with E-state index in [-0.39, 0.29) is 0 Å². The molecule has 0 aromatic carbocycles. The molecule has 0 amide bonds. The van der Waals surface area contributed by atoms with E-state index in [1.807, 2.05) is 17.5 Å². The fourth-order valence-corrected chi connectivity index (χ4v) is 3.10. The molecule has 0 aliphatic heterocycles. The monoisotopic (exact) mass is 274 g/mol. The van der Waals surface area contributed by atoms with E-state index in [4.69, 9.17) is 0 Å². The number of nitrogens with one attached hydrogen (secondary N) is 1. The Labute approximate surface area is 112 Å². The van der Waals surface area contributed by atoms with Crippen molar-refractivity contribution in [2.75, 3.05) is 5.43 Å². The number of rotatable bonds is 3. The van der Waals surface area contributed by atoms with E-state index in [0.717, 1.165) is 20.9 Å². The van der Waals surface area contributed by atoms with E-state index >= 15 is 0 Å². The highest BCUT2D eigenvalue weighted by molar-refractivity contribution is 7.17. The highest BCUT2D eigenvalue weighted by atomic mass is 32.1. The number of hydrazone groups is 1. The summed E-state index contributed by atoms with van der Waals surface area (Å²) in [5.74, 6) is 0.756. The van der Waals surface area contributed by atoms with Gasteiger partial charge in [0.1, 0.15) is 11.2 Å². The number of nitrogens with zero attached hydrogens (tertiary/aromatic N) is 3. The van der Waals surface area contributed by atoms with Crippen LogP contribution in [-0.2, 0) is 0 Å². The van der Waals surface area contributed by atoms with Crippen molar-refractivity contribution in [2.45, 2.75) is 6.92 Å². The summed E-state index contributed by atoms with van der Waals surface area (Å²) in [7, 11) is 0. The Bertz CT molecular complexity index is 685. The van der Waals surface area contributed by atoms with E-state index in [1.165, 1.54) is 5.56 Å². The highest BCUT2D eigenvalue weighted by Gasteiger charge is 2.07. The number of fused-ring (bicyclic) bond motifs is 1. The van der Waals surface area contributed by atoms with Crippen LogP contribution in [0.5, 0.6) is 0 Å². The van der Waals surface area contributed by atoms with Crippen LogP contribution < -0.4 is 5.43 Å². The molecule has 0 aliphatic rings. The highest BCUT2D eigenvalue weighted by Crippen LogP contribution is 2.28. The maximum atomic E-state index is 4.24. The molecule has 18 heavy (non-hydrogen) atoms. The van der Waals surface area contributed by atoms with Crippen LogP contribution in [0.3, 0.4) is 0 Å². The Morgan fingerprint density at radius 2 is 2.28 bits per heavy atom. The molecule has 3 heterocycles. The van der Waals surface area contributed by atoms with Crippen LogP contribution in [0.1, 0.15) is 10.4 Å². The molecule has 0 aliphatic carbocycles. The minimum atomic E-state index is 0.756. The molecule has 1 N–H and O–H groups in total. The number of anilines is 1. The zero-order valence-electron chi connectivity index (χ0n) is 9.62. The SMILES string of the molecule is Cc1csc2ncnc(N/N=C\c3cccs3)c12. The summed E-state index contributed by atoms with van der Waals surface area (Å²) in [6, 6.07) is 4.01. The molecule has 0 saturated carbocycles. The summed E-state index contributed by atoms with van der Waals surface area (Å²) in [6.45, 7) is 2.05. The number of hydrogen-bond acceptors (Lipinski definition) is 6. The summed E-state index contributed by atoms with van der Waals surface area (Å²) in [5, 5.41) is 9.35. The van der Waals surface area contributed by atoms with Gasteiger partial charge in [0.05, 0.1) is 11.6 Å². The van der Waals surface area contributed by atoms with Crippen LogP contribution in [0, 0.1) is 6.92 Å². The van der Waals surface area contributed by atoms with Crippen LogP contribution in [-0.4, -0.2) is 16.2 Å². The van der Waals surface area contributed by atoms with E-state index < -0.39 is 0 Å². The van der Waals surface area contributed by atoms with Gasteiger partial charge in [0.2, 0.25) is 0 Å². The number of aromatic nitrogens is 2. The largest absolute Gasteiger partial charge is 0.261 e. The van der Waals surface area contributed by atoms with Gasteiger partial charge < -0.3 is 0 Å². The van der Waals surface area contributed by atoms with Crippen LogP contribution in [0.15, 0.2) is 34.3 Å². The lowest BCUT2D eigenvalue weighted by molar-refractivity contribution is 1.19. The molecule has 0 atom stereocenters. The fraction of sp³-hybridized carbons (Fsp3) is 0.0833. The minimum absolute atomic E-state index is 0.756. The van der Waals surface area contributed by atoms with Gasteiger partial charge in [-0.05, 0) is 29.3 Å². The standard InChI is InChI=1S/C12H10N4S2/c1-8-6-18-12-10(8)11(13-7-14-12)16-15-5-9-3-2-4-17-9/h2-7H,1H3,(H,13,14,16)/b15-5-. The lowest BCUT2D eigenvalue weighted by Crippen LogP contribution is -1.94. The topological polar surface area (TPSA) is 50.2 Å². The van der Waals surface area contributed by atoms with E-state index in [9.17, 15) is 0 Å². The Hall–Kier alpha value is -1.79. The maximum Gasteiger partial charge on any atom is 0.158 e. The number of hydrogen-bond donors (Lipinski definition) is 1. The fourth-order valence-electron chi connectivity index (χ4n) is 1.62. The van der Waals surface area contributed by atoms with Gasteiger partial charge in [0.25, 0.3) is 0 Å². The smallest absolute Gasteiger partial charge is 0.158 e. The maximum absolute atomic E-state index is 4.24. The Kier molecular flexibility index (Phi) is 3.04. The first-order valence-electron chi connectivity index (χ1n) is 5.36. The molecule has 0 unspecified atom stereocenters. The van der Waals surface area contributed by atoms with Crippen molar-refractivity contribution < 1.29 is 0 Å². The molecule has 0 radical (unpaired) electrons. The average molecular weight is 274 g/mol. The van der Waals surface area contributed by atoms with Crippen molar-refractivity contribution in [1.29, 1.82) is 0 Å². The van der Waals surface area contributed by atoms with Crippen molar-refractivity contribution >= 4 is 44.9 Å². The zero-order valence-corrected chi connectivity index (χ0v) is 11.3. The van der Waals surface area contributed by atoms with Gasteiger partial charge in [-0.2, -0.15) is 5.10 Å². The molecule has 90 valence electrons. The molecule has 3 aromatic rings. The van der Waals surface area contributed by atoms with Crippen molar-refractivity contribution in [3.05, 3.63) is 39.7 Å². The van der Waals surface area contributed by atoms with Gasteiger partial charge in [-0.1, -0.05) is 6.07 Å². The second-order valence-corrected chi connectivity index (χ2v) is 5.54. The first kappa shape index (κ1) is 11.3. The van der Waals surface area contributed by atoms with E-state index in [2.05, 4.69) is 32.8 Å². The molecule has 0 fully saturated rings. The van der Waals surface area contributed by atoms with Crippen LogP contribution in [0.4, 0.5) is 5.82 Å². The summed E-state index contributed by atoms with van der Waals surface area (Å²) in [6.07, 6.45) is 3.35. The predicted molar refractivity (Wildman–Crippen MR) is 77.7 cm³/mol. The molecular weight excluding hydrogens is 264 g/mol. The van der Waals surface area contributed by atoms with Crippen LogP contribution in [0.2, 0.25) is 0 Å². The summed E-state index contributed by atoms with van der Waals surface area (Å²) in [5.41, 5.74) is 4.16. The van der Waals surface area contributed by atoms with Gasteiger partial charge in [0, 0.05) is 4.88 Å². The average Bonchev–Trinajstić information content (AvgIpc) is 3.00. The van der Waals surface area contributed by atoms with E-state index in [0.29, 0.717) is 0 Å². The quantitative estimate of drug-likeness (QED) is 0.587. The number of aryl methyl sites for hydroxylation is 1. The first-order chi connectivity index (χ1) is 8.84. The molecule has 3 rings (SSSR count). The van der Waals surface area contributed by atoms with Crippen LogP contribution in [0.25, 0.3) is 10.2 Å². The molecule has 6 heteroatoms. The third-order valence-corrected chi connectivity index (χ3v) is 4.27. The molecule has 4 nitrogen and oxygen atoms in total. The Morgan fingerprint density at radius 3 is 3.11 bits per heavy atom.